The van der Waals surface area contributed by atoms with Gasteiger partial charge in [0, 0.05) is 0 Å². The van der Waals surface area contributed by atoms with E-state index in [-0.39, 0.29) is 0 Å². The Morgan fingerprint density at radius 3 is 1.76 bits per heavy atom. The van der Waals surface area contributed by atoms with Crippen LogP contribution in [0.2, 0.25) is 0 Å². The molecule has 0 atom stereocenters. The Balaban J connectivity index is 1.99. The average molecular weight is 299 g/mol. The molecular formula is C17H18NO2P. The average Bonchev–Trinajstić information content (AvgIpc) is 3.08. The van der Waals surface area contributed by atoms with E-state index in [1.54, 1.807) is 0 Å². The van der Waals surface area contributed by atoms with Gasteiger partial charge in [0.2, 0.25) is 0 Å². The molecule has 0 bridgehead atoms. The van der Waals surface area contributed by atoms with E-state index < -0.39 is 7.37 Å². The van der Waals surface area contributed by atoms with E-state index in [9.17, 15) is 4.57 Å². The SMILES string of the molecule is O=P(ON=C1CCCC1)(c1ccccc1)c1ccccc1. The van der Waals surface area contributed by atoms with Gasteiger partial charge in [-0.25, -0.2) is 0 Å². The van der Waals surface area contributed by atoms with E-state index in [2.05, 4.69) is 5.16 Å². The Hall–Kier alpha value is -1.86. The number of oxime groups is 1. The van der Waals surface area contributed by atoms with Crippen LogP contribution in [0.4, 0.5) is 0 Å². The minimum Gasteiger partial charge on any atom is -0.330 e. The molecule has 108 valence electrons. The van der Waals surface area contributed by atoms with Gasteiger partial charge in [0.15, 0.2) is 0 Å². The topological polar surface area (TPSA) is 38.7 Å². The Kier molecular flexibility index (Phi) is 4.21. The highest BCUT2D eigenvalue weighted by Crippen LogP contribution is 2.45. The first-order valence-electron chi connectivity index (χ1n) is 7.25. The molecule has 0 radical (unpaired) electrons. The van der Waals surface area contributed by atoms with Gasteiger partial charge in [-0.2, -0.15) is 0 Å². The van der Waals surface area contributed by atoms with Gasteiger partial charge < -0.3 is 4.62 Å². The third-order valence-corrected chi connectivity index (χ3v) is 5.93. The Morgan fingerprint density at radius 1 is 0.810 bits per heavy atom. The summed E-state index contributed by atoms with van der Waals surface area (Å²) >= 11 is 0. The molecule has 3 nitrogen and oxygen atoms in total. The molecule has 0 N–H and O–H groups in total. The van der Waals surface area contributed by atoms with Crippen molar-refractivity contribution in [2.75, 3.05) is 0 Å². The van der Waals surface area contributed by atoms with E-state index in [0.717, 1.165) is 31.4 Å². The molecule has 4 heteroatoms. The van der Waals surface area contributed by atoms with Crippen molar-refractivity contribution in [3.8, 4) is 0 Å². The zero-order valence-corrected chi connectivity index (χ0v) is 12.7. The van der Waals surface area contributed by atoms with Crippen LogP contribution in [0.1, 0.15) is 25.7 Å². The van der Waals surface area contributed by atoms with Crippen LogP contribution >= 0.6 is 7.37 Å². The zero-order valence-electron chi connectivity index (χ0n) is 11.8. The summed E-state index contributed by atoms with van der Waals surface area (Å²) in [4.78, 5) is 0. The van der Waals surface area contributed by atoms with Crippen LogP contribution in [-0.4, -0.2) is 5.71 Å². The fourth-order valence-corrected chi connectivity index (χ4v) is 4.33. The Bertz CT molecular complexity index is 616. The summed E-state index contributed by atoms with van der Waals surface area (Å²) in [7, 11) is -3.16. The Morgan fingerprint density at radius 2 is 1.29 bits per heavy atom. The monoisotopic (exact) mass is 299 g/mol. The summed E-state index contributed by atoms with van der Waals surface area (Å²) in [6.07, 6.45) is 4.18. The molecule has 1 aliphatic rings. The first kappa shape index (κ1) is 14.1. The maximum absolute atomic E-state index is 13.4. The molecule has 2 aromatic carbocycles. The van der Waals surface area contributed by atoms with E-state index in [0.29, 0.717) is 10.6 Å². The standard InChI is InChI=1S/C17H18NO2P/c19-21(16-11-3-1-4-12-16,17-13-5-2-6-14-17)20-18-15-9-7-8-10-15/h1-6,11-14H,7-10H2. The number of rotatable bonds is 4. The van der Waals surface area contributed by atoms with E-state index in [1.807, 2.05) is 60.7 Å². The van der Waals surface area contributed by atoms with Crippen molar-refractivity contribution < 1.29 is 9.19 Å². The lowest BCUT2D eigenvalue weighted by molar-refractivity contribution is 0.347. The van der Waals surface area contributed by atoms with Crippen molar-refractivity contribution in [3.05, 3.63) is 60.7 Å². The largest absolute Gasteiger partial charge is 0.330 e. The number of benzene rings is 2. The number of nitrogens with zero attached hydrogens (tertiary/aromatic N) is 1. The van der Waals surface area contributed by atoms with Gasteiger partial charge in [-0.3, -0.25) is 4.57 Å². The molecule has 0 unspecified atom stereocenters. The first-order chi connectivity index (χ1) is 10.3. The Labute approximate surface area is 125 Å². The molecule has 0 aliphatic heterocycles. The van der Waals surface area contributed by atoms with Crippen molar-refractivity contribution in [2.45, 2.75) is 25.7 Å². The molecule has 1 saturated carbocycles. The summed E-state index contributed by atoms with van der Waals surface area (Å²) in [6, 6.07) is 18.6. The second-order valence-electron chi connectivity index (χ2n) is 5.17. The first-order valence-corrected chi connectivity index (χ1v) is 8.87. The summed E-state index contributed by atoms with van der Waals surface area (Å²) in [6.45, 7) is 0. The smallest absolute Gasteiger partial charge is 0.330 e. The van der Waals surface area contributed by atoms with Crippen LogP contribution < -0.4 is 10.6 Å². The fourth-order valence-electron chi connectivity index (χ4n) is 2.48. The van der Waals surface area contributed by atoms with Gasteiger partial charge in [0.25, 0.3) is 0 Å². The van der Waals surface area contributed by atoms with Crippen LogP contribution in [0.25, 0.3) is 0 Å². The lowest BCUT2D eigenvalue weighted by Gasteiger charge is -2.16. The van der Waals surface area contributed by atoms with Gasteiger partial charge >= 0.3 is 7.37 Å². The second-order valence-corrected chi connectivity index (χ2v) is 7.47. The lowest BCUT2D eigenvalue weighted by atomic mass is 10.3. The van der Waals surface area contributed by atoms with Crippen LogP contribution in [0, 0.1) is 0 Å². The predicted octanol–water partition coefficient (Wildman–Crippen LogP) is 3.86. The predicted molar refractivity (Wildman–Crippen MR) is 86.7 cm³/mol. The minimum absolute atomic E-state index is 0.679. The maximum Gasteiger partial charge on any atom is 0.330 e. The minimum atomic E-state index is -3.16. The van der Waals surface area contributed by atoms with Gasteiger partial charge in [0.1, 0.15) is 0 Å². The lowest BCUT2D eigenvalue weighted by Crippen LogP contribution is -2.17. The van der Waals surface area contributed by atoms with Crippen molar-refractivity contribution in [1.29, 1.82) is 0 Å². The quantitative estimate of drug-likeness (QED) is 0.635. The van der Waals surface area contributed by atoms with Crippen LogP contribution in [0.15, 0.2) is 65.8 Å². The molecule has 0 aromatic heterocycles. The van der Waals surface area contributed by atoms with Gasteiger partial charge in [-0.15, -0.1) is 0 Å². The molecule has 0 saturated heterocycles. The van der Waals surface area contributed by atoms with Crippen molar-refractivity contribution in [2.24, 2.45) is 5.16 Å². The van der Waals surface area contributed by atoms with Crippen molar-refractivity contribution in [3.63, 3.8) is 0 Å². The summed E-state index contributed by atoms with van der Waals surface area (Å²) in [5, 5.41) is 5.56. The van der Waals surface area contributed by atoms with Gasteiger partial charge in [-0.1, -0.05) is 41.6 Å². The highest BCUT2D eigenvalue weighted by molar-refractivity contribution is 7.74. The molecule has 0 spiro atoms. The van der Waals surface area contributed by atoms with Gasteiger partial charge in [0.05, 0.1) is 16.3 Å². The van der Waals surface area contributed by atoms with E-state index >= 15 is 0 Å². The third kappa shape index (κ3) is 3.08. The molecule has 0 heterocycles. The molecule has 1 fully saturated rings. The highest BCUT2D eigenvalue weighted by atomic mass is 31.2. The summed E-state index contributed by atoms with van der Waals surface area (Å²) in [5.41, 5.74) is 1.02. The summed E-state index contributed by atoms with van der Waals surface area (Å²) in [5.74, 6) is 0. The van der Waals surface area contributed by atoms with Crippen LogP contribution in [0.5, 0.6) is 0 Å². The molecule has 1 aliphatic carbocycles. The van der Waals surface area contributed by atoms with E-state index in [4.69, 9.17) is 4.62 Å². The molecule has 3 rings (SSSR count). The highest BCUT2D eigenvalue weighted by Gasteiger charge is 2.30. The van der Waals surface area contributed by atoms with Gasteiger partial charge in [-0.05, 0) is 49.9 Å². The molecule has 21 heavy (non-hydrogen) atoms. The molecule has 0 amide bonds. The van der Waals surface area contributed by atoms with E-state index in [1.165, 1.54) is 0 Å². The van der Waals surface area contributed by atoms with Crippen LogP contribution in [0.3, 0.4) is 0 Å². The maximum atomic E-state index is 13.4. The van der Waals surface area contributed by atoms with Crippen molar-refractivity contribution in [1.82, 2.24) is 0 Å². The van der Waals surface area contributed by atoms with Crippen LogP contribution in [-0.2, 0) is 9.19 Å². The molecule has 2 aromatic rings. The second kappa shape index (κ2) is 6.28. The summed E-state index contributed by atoms with van der Waals surface area (Å²) < 4.78 is 19.1. The number of hydrogen-bond donors (Lipinski definition) is 0. The zero-order chi connectivity index (χ0) is 14.5. The van der Waals surface area contributed by atoms with Crippen molar-refractivity contribution >= 4 is 23.7 Å². The number of hydrogen-bond acceptors (Lipinski definition) is 3. The molecular weight excluding hydrogens is 281 g/mol. The normalized spacial score (nSPS) is 15.0. The third-order valence-electron chi connectivity index (χ3n) is 3.66. The fraction of sp³-hybridized carbons (Fsp3) is 0.235.